The van der Waals surface area contributed by atoms with Gasteiger partial charge < -0.3 is 9.64 Å². The van der Waals surface area contributed by atoms with Gasteiger partial charge in [-0.2, -0.15) is 0 Å². The fraction of sp³-hybridized carbons (Fsp3) is 0.333. The lowest BCUT2D eigenvalue weighted by Crippen LogP contribution is -2.38. The Morgan fingerprint density at radius 2 is 1.81 bits per heavy atom. The number of nitrogens with zero attached hydrogens (tertiary/aromatic N) is 2. The number of rotatable bonds is 4. The van der Waals surface area contributed by atoms with Crippen molar-refractivity contribution >= 4 is 23.5 Å². The highest BCUT2D eigenvalue weighted by molar-refractivity contribution is 7.78. The third-order valence-electron chi connectivity index (χ3n) is 5.31. The molecule has 1 fully saturated rings. The van der Waals surface area contributed by atoms with E-state index in [1.807, 2.05) is 12.1 Å². The zero-order valence-electron chi connectivity index (χ0n) is 14.4. The number of amides is 1. The molecule has 1 atom stereocenters. The summed E-state index contributed by atoms with van der Waals surface area (Å²) in [5.74, 6) is 0.0893. The van der Waals surface area contributed by atoms with Crippen LogP contribution in [0.1, 0.15) is 29.9 Å². The Kier molecular flexibility index (Phi) is 4.83. The van der Waals surface area contributed by atoms with Gasteiger partial charge in [0.15, 0.2) is 0 Å². The van der Waals surface area contributed by atoms with E-state index < -0.39 is 0 Å². The molecule has 1 heterocycles. The predicted molar refractivity (Wildman–Crippen MR) is 105 cm³/mol. The molecule has 0 N–H and O–H groups in total. The standard InChI is InChI=1S/C21H20N2O2S/c24-21(23-11-5-6-15(23)12-22-14-26)25-13-20-18-9-3-1-7-16(18)17-8-2-4-10-19(17)20/h1-4,7-10,15,20H,5-6,11-13H2/t15-/m0/s1. The molecular weight excluding hydrogens is 344 g/mol. The van der Waals surface area contributed by atoms with E-state index in [1.165, 1.54) is 22.3 Å². The molecule has 2 aliphatic rings. The Morgan fingerprint density at radius 1 is 1.15 bits per heavy atom. The Labute approximate surface area is 158 Å². The molecule has 1 aliphatic heterocycles. The second-order valence-corrected chi connectivity index (χ2v) is 6.91. The number of hydrogen-bond acceptors (Lipinski definition) is 4. The normalized spacial score (nSPS) is 18.2. The van der Waals surface area contributed by atoms with Crippen molar-refractivity contribution in [3.63, 3.8) is 0 Å². The van der Waals surface area contributed by atoms with Crippen LogP contribution < -0.4 is 0 Å². The molecule has 5 heteroatoms. The minimum absolute atomic E-state index is 0.0705. The fourth-order valence-electron chi connectivity index (χ4n) is 4.09. The van der Waals surface area contributed by atoms with Crippen molar-refractivity contribution in [3.8, 4) is 11.1 Å². The molecule has 0 unspecified atom stereocenters. The van der Waals surface area contributed by atoms with Gasteiger partial charge in [-0.3, -0.25) is 0 Å². The molecule has 0 spiro atoms. The molecule has 26 heavy (non-hydrogen) atoms. The molecule has 0 aromatic heterocycles. The van der Waals surface area contributed by atoms with Crippen LogP contribution in [0.25, 0.3) is 11.1 Å². The maximum Gasteiger partial charge on any atom is 0.410 e. The van der Waals surface area contributed by atoms with Crippen molar-refractivity contribution in [2.75, 3.05) is 19.7 Å². The van der Waals surface area contributed by atoms with Crippen molar-refractivity contribution in [1.29, 1.82) is 0 Å². The van der Waals surface area contributed by atoms with Crippen LogP contribution in [0.3, 0.4) is 0 Å². The number of carbonyl (C=O) groups excluding carboxylic acids is 1. The van der Waals surface area contributed by atoms with Gasteiger partial charge >= 0.3 is 6.09 Å². The number of benzene rings is 2. The van der Waals surface area contributed by atoms with E-state index in [-0.39, 0.29) is 18.1 Å². The highest BCUT2D eigenvalue weighted by Gasteiger charge is 2.32. The Hall–Kier alpha value is -2.49. The van der Waals surface area contributed by atoms with Gasteiger partial charge in [-0.25, -0.2) is 9.79 Å². The first kappa shape index (κ1) is 17.0. The SMILES string of the molecule is O=C(OCC1c2ccccc2-c2ccccc21)N1CCC[C@H]1CN=C=S. The third-order valence-corrected chi connectivity index (χ3v) is 5.44. The van der Waals surface area contributed by atoms with Crippen LogP contribution in [-0.2, 0) is 4.74 Å². The summed E-state index contributed by atoms with van der Waals surface area (Å²) in [5, 5.41) is 2.38. The van der Waals surface area contributed by atoms with Gasteiger partial charge in [0.1, 0.15) is 6.61 Å². The van der Waals surface area contributed by atoms with Crippen LogP contribution in [0.15, 0.2) is 53.5 Å². The lowest BCUT2D eigenvalue weighted by atomic mass is 9.98. The number of isothiocyanates is 1. The van der Waals surface area contributed by atoms with Crippen molar-refractivity contribution in [1.82, 2.24) is 4.90 Å². The van der Waals surface area contributed by atoms with Crippen molar-refractivity contribution in [2.45, 2.75) is 24.8 Å². The van der Waals surface area contributed by atoms with Gasteiger partial charge in [-0.05, 0) is 47.3 Å². The smallest absolute Gasteiger partial charge is 0.410 e. The fourth-order valence-corrected chi connectivity index (χ4v) is 4.16. The first-order valence-electron chi connectivity index (χ1n) is 8.95. The highest BCUT2D eigenvalue weighted by Crippen LogP contribution is 2.44. The van der Waals surface area contributed by atoms with E-state index in [0.29, 0.717) is 19.7 Å². The molecular formula is C21H20N2O2S. The number of likely N-dealkylation sites (tertiary alicyclic amines) is 1. The number of aliphatic imine (C=N–C) groups is 1. The van der Waals surface area contributed by atoms with Crippen molar-refractivity contribution in [2.24, 2.45) is 4.99 Å². The number of thiocarbonyl (C=S) groups is 1. The lowest BCUT2D eigenvalue weighted by Gasteiger charge is -2.23. The second kappa shape index (κ2) is 7.40. The Morgan fingerprint density at radius 3 is 2.46 bits per heavy atom. The molecule has 1 aliphatic carbocycles. The van der Waals surface area contributed by atoms with Gasteiger partial charge in [0.25, 0.3) is 0 Å². The van der Waals surface area contributed by atoms with E-state index in [2.05, 4.69) is 58.8 Å². The monoisotopic (exact) mass is 364 g/mol. The minimum Gasteiger partial charge on any atom is -0.448 e. The summed E-state index contributed by atoms with van der Waals surface area (Å²) in [6.07, 6.45) is 1.65. The van der Waals surface area contributed by atoms with Crippen LogP contribution in [0.5, 0.6) is 0 Å². The van der Waals surface area contributed by atoms with Crippen LogP contribution in [-0.4, -0.2) is 41.9 Å². The zero-order valence-corrected chi connectivity index (χ0v) is 15.2. The van der Waals surface area contributed by atoms with Crippen molar-refractivity contribution in [3.05, 3.63) is 59.7 Å². The molecule has 2 aromatic carbocycles. The topological polar surface area (TPSA) is 41.9 Å². The van der Waals surface area contributed by atoms with Crippen molar-refractivity contribution < 1.29 is 9.53 Å². The summed E-state index contributed by atoms with van der Waals surface area (Å²) in [4.78, 5) is 18.4. The van der Waals surface area contributed by atoms with Crippen LogP contribution in [0.4, 0.5) is 4.79 Å². The number of ether oxygens (including phenoxy) is 1. The van der Waals surface area contributed by atoms with Crippen LogP contribution >= 0.6 is 12.2 Å². The zero-order chi connectivity index (χ0) is 17.9. The summed E-state index contributed by atoms with van der Waals surface area (Å²) in [7, 11) is 0. The van der Waals surface area contributed by atoms with E-state index in [9.17, 15) is 4.79 Å². The summed E-state index contributed by atoms with van der Waals surface area (Å²) in [6.45, 7) is 1.58. The summed E-state index contributed by atoms with van der Waals surface area (Å²) >= 11 is 4.64. The van der Waals surface area contributed by atoms with Gasteiger partial charge in [0, 0.05) is 12.5 Å². The molecule has 4 rings (SSSR count). The predicted octanol–water partition coefficient (Wildman–Crippen LogP) is 4.50. The van der Waals surface area contributed by atoms with Crippen LogP contribution in [0.2, 0.25) is 0 Å². The van der Waals surface area contributed by atoms with E-state index in [0.717, 1.165) is 12.8 Å². The Bertz CT molecular complexity index is 830. The molecule has 132 valence electrons. The molecule has 0 bridgehead atoms. The summed E-state index contributed by atoms with van der Waals surface area (Å²) in [5.41, 5.74) is 4.92. The molecule has 0 radical (unpaired) electrons. The number of carbonyl (C=O) groups is 1. The number of hydrogen-bond donors (Lipinski definition) is 0. The van der Waals surface area contributed by atoms with E-state index >= 15 is 0 Å². The maximum atomic E-state index is 12.6. The largest absolute Gasteiger partial charge is 0.448 e. The van der Waals surface area contributed by atoms with E-state index in [1.54, 1.807) is 4.90 Å². The van der Waals surface area contributed by atoms with Gasteiger partial charge in [-0.1, -0.05) is 48.5 Å². The average molecular weight is 364 g/mol. The van der Waals surface area contributed by atoms with Gasteiger partial charge in [0.05, 0.1) is 17.7 Å². The minimum atomic E-state index is -0.256. The van der Waals surface area contributed by atoms with E-state index in [4.69, 9.17) is 4.74 Å². The average Bonchev–Trinajstić information content (AvgIpc) is 3.27. The highest BCUT2D eigenvalue weighted by atomic mass is 32.1. The summed E-state index contributed by atoms with van der Waals surface area (Å²) in [6, 6.07) is 16.8. The summed E-state index contributed by atoms with van der Waals surface area (Å²) < 4.78 is 5.73. The van der Waals surface area contributed by atoms with Gasteiger partial charge in [-0.15, -0.1) is 0 Å². The molecule has 2 aromatic rings. The number of fused-ring (bicyclic) bond motifs is 3. The third kappa shape index (κ3) is 3.05. The Balaban J connectivity index is 1.49. The first-order valence-corrected chi connectivity index (χ1v) is 9.35. The maximum absolute atomic E-state index is 12.6. The second-order valence-electron chi connectivity index (χ2n) is 6.73. The molecule has 4 nitrogen and oxygen atoms in total. The van der Waals surface area contributed by atoms with Gasteiger partial charge in [0.2, 0.25) is 0 Å². The van der Waals surface area contributed by atoms with Crippen LogP contribution in [0, 0.1) is 0 Å². The first-order chi connectivity index (χ1) is 12.8. The molecule has 1 amide bonds. The lowest BCUT2D eigenvalue weighted by molar-refractivity contribution is 0.0967. The quantitative estimate of drug-likeness (QED) is 0.592. The molecule has 0 saturated carbocycles. The molecule has 1 saturated heterocycles.